The molecular weight excluding hydrogens is 178 g/mol. The van der Waals surface area contributed by atoms with Crippen molar-refractivity contribution < 1.29 is 0 Å². The van der Waals surface area contributed by atoms with E-state index >= 15 is 0 Å². The molecule has 0 atom stereocenters. The highest BCUT2D eigenvalue weighted by Gasteiger charge is 2.01. The van der Waals surface area contributed by atoms with E-state index in [1.54, 1.807) is 23.1 Å². The van der Waals surface area contributed by atoms with Crippen LogP contribution in [-0.2, 0) is 6.42 Å². The first-order valence-corrected chi connectivity index (χ1v) is 4.42. The minimum absolute atomic E-state index is 0.579. The molecule has 0 spiro atoms. The normalized spacial score (nSPS) is 10.4. The van der Waals surface area contributed by atoms with Crippen molar-refractivity contribution >= 4 is 0 Å². The van der Waals surface area contributed by atoms with Crippen molar-refractivity contribution in [3.63, 3.8) is 0 Å². The predicted molar refractivity (Wildman–Crippen MR) is 51.9 cm³/mol. The van der Waals surface area contributed by atoms with Crippen LogP contribution in [0.1, 0.15) is 5.69 Å². The van der Waals surface area contributed by atoms with Crippen LogP contribution in [0.15, 0.2) is 30.7 Å². The molecule has 0 radical (unpaired) electrons. The molecule has 2 rings (SSSR count). The van der Waals surface area contributed by atoms with Gasteiger partial charge in [-0.2, -0.15) is 5.10 Å². The maximum absolute atomic E-state index is 5.43. The topological polar surface area (TPSA) is 69.6 Å². The van der Waals surface area contributed by atoms with Gasteiger partial charge < -0.3 is 5.73 Å². The maximum atomic E-state index is 5.43. The lowest BCUT2D eigenvalue weighted by Gasteiger charge is -1.96. The SMILES string of the molecule is NCCc1ccn(-c2ncccn2)n1. The van der Waals surface area contributed by atoms with Gasteiger partial charge in [0.25, 0.3) is 0 Å². The van der Waals surface area contributed by atoms with Crippen molar-refractivity contribution in [1.29, 1.82) is 0 Å². The molecule has 0 aliphatic heterocycles. The largest absolute Gasteiger partial charge is 0.330 e. The van der Waals surface area contributed by atoms with Gasteiger partial charge in [-0.3, -0.25) is 0 Å². The van der Waals surface area contributed by atoms with Crippen LogP contribution in [0.3, 0.4) is 0 Å². The smallest absolute Gasteiger partial charge is 0.250 e. The van der Waals surface area contributed by atoms with E-state index in [-0.39, 0.29) is 0 Å². The summed E-state index contributed by atoms with van der Waals surface area (Å²) in [6, 6.07) is 3.69. The van der Waals surface area contributed by atoms with Crippen molar-refractivity contribution in [1.82, 2.24) is 19.7 Å². The molecule has 0 bridgehead atoms. The van der Waals surface area contributed by atoms with Gasteiger partial charge in [-0.25, -0.2) is 14.6 Å². The van der Waals surface area contributed by atoms with E-state index in [0.29, 0.717) is 12.5 Å². The van der Waals surface area contributed by atoms with Crippen molar-refractivity contribution in [3.05, 3.63) is 36.4 Å². The molecule has 2 aromatic rings. The van der Waals surface area contributed by atoms with E-state index in [0.717, 1.165) is 12.1 Å². The summed E-state index contributed by atoms with van der Waals surface area (Å²) in [5, 5.41) is 4.28. The second kappa shape index (κ2) is 3.97. The number of hydrogen-bond donors (Lipinski definition) is 1. The zero-order valence-electron chi connectivity index (χ0n) is 7.67. The van der Waals surface area contributed by atoms with Crippen molar-refractivity contribution in [3.8, 4) is 5.95 Å². The summed E-state index contributed by atoms with van der Waals surface area (Å²) in [7, 11) is 0. The minimum atomic E-state index is 0.579. The van der Waals surface area contributed by atoms with Gasteiger partial charge in [0.1, 0.15) is 0 Å². The Morgan fingerprint density at radius 3 is 2.79 bits per heavy atom. The molecule has 0 aromatic carbocycles. The Balaban J connectivity index is 2.25. The number of rotatable bonds is 3. The molecule has 5 nitrogen and oxygen atoms in total. The number of nitrogens with two attached hydrogens (primary N) is 1. The Kier molecular flexibility index (Phi) is 2.51. The molecule has 0 saturated carbocycles. The molecule has 0 fully saturated rings. The van der Waals surface area contributed by atoms with E-state index in [2.05, 4.69) is 15.1 Å². The zero-order valence-corrected chi connectivity index (χ0v) is 7.67. The van der Waals surface area contributed by atoms with Crippen molar-refractivity contribution in [2.45, 2.75) is 6.42 Å². The molecule has 0 aliphatic carbocycles. The molecule has 14 heavy (non-hydrogen) atoms. The standard InChI is InChI=1S/C9H11N5/c10-4-2-8-3-7-14(13-8)9-11-5-1-6-12-9/h1,3,5-7H,2,4,10H2. The molecular formula is C9H11N5. The fourth-order valence-electron chi connectivity index (χ4n) is 1.16. The van der Waals surface area contributed by atoms with Gasteiger partial charge in [-0.05, 0) is 18.7 Å². The van der Waals surface area contributed by atoms with Gasteiger partial charge in [0.2, 0.25) is 5.95 Å². The van der Waals surface area contributed by atoms with Gasteiger partial charge in [0.05, 0.1) is 5.69 Å². The highest BCUT2D eigenvalue weighted by Crippen LogP contribution is 2.00. The Labute approximate surface area is 81.6 Å². The van der Waals surface area contributed by atoms with E-state index in [4.69, 9.17) is 5.73 Å². The Bertz CT molecular complexity index is 395. The van der Waals surface area contributed by atoms with E-state index in [1.807, 2.05) is 12.3 Å². The van der Waals surface area contributed by atoms with Crippen molar-refractivity contribution in [2.75, 3.05) is 6.54 Å². The molecule has 5 heteroatoms. The van der Waals surface area contributed by atoms with E-state index < -0.39 is 0 Å². The summed E-state index contributed by atoms with van der Waals surface area (Å²) in [5.41, 5.74) is 6.39. The Morgan fingerprint density at radius 2 is 2.07 bits per heavy atom. The minimum Gasteiger partial charge on any atom is -0.330 e. The summed E-state index contributed by atoms with van der Waals surface area (Å²) in [6.45, 7) is 0.604. The number of nitrogens with zero attached hydrogens (tertiary/aromatic N) is 4. The third-order valence-electron chi connectivity index (χ3n) is 1.80. The third-order valence-corrected chi connectivity index (χ3v) is 1.80. The fraction of sp³-hybridized carbons (Fsp3) is 0.222. The maximum Gasteiger partial charge on any atom is 0.250 e. The third kappa shape index (κ3) is 1.77. The molecule has 0 amide bonds. The molecule has 2 heterocycles. The molecule has 0 aliphatic rings. The van der Waals surface area contributed by atoms with Crippen molar-refractivity contribution in [2.24, 2.45) is 5.73 Å². The average molecular weight is 189 g/mol. The Morgan fingerprint density at radius 1 is 1.29 bits per heavy atom. The van der Waals surface area contributed by atoms with E-state index in [9.17, 15) is 0 Å². The van der Waals surface area contributed by atoms with Gasteiger partial charge >= 0.3 is 0 Å². The fourth-order valence-corrected chi connectivity index (χ4v) is 1.16. The summed E-state index contributed by atoms with van der Waals surface area (Å²) in [6.07, 6.45) is 5.99. The number of hydrogen-bond acceptors (Lipinski definition) is 4. The highest BCUT2D eigenvalue weighted by molar-refractivity contribution is 5.11. The summed E-state index contributed by atoms with van der Waals surface area (Å²) < 4.78 is 1.64. The summed E-state index contributed by atoms with van der Waals surface area (Å²) >= 11 is 0. The molecule has 2 aromatic heterocycles. The monoisotopic (exact) mass is 189 g/mol. The first kappa shape index (κ1) is 8.83. The van der Waals surface area contributed by atoms with Gasteiger partial charge in [-0.15, -0.1) is 0 Å². The summed E-state index contributed by atoms with van der Waals surface area (Å²) in [5.74, 6) is 0.579. The molecule has 72 valence electrons. The molecule has 0 unspecified atom stereocenters. The lowest BCUT2D eigenvalue weighted by Crippen LogP contribution is -2.05. The van der Waals surface area contributed by atoms with Crippen LogP contribution < -0.4 is 5.73 Å². The van der Waals surface area contributed by atoms with Crippen LogP contribution in [-0.4, -0.2) is 26.3 Å². The van der Waals surface area contributed by atoms with E-state index in [1.165, 1.54) is 0 Å². The van der Waals surface area contributed by atoms with Gasteiger partial charge in [0, 0.05) is 25.0 Å². The lowest BCUT2D eigenvalue weighted by atomic mass is 10.3. The Hall–Kier alpha value is -1.75. The first-order valence-electron chi connectivity index (χ1n) is 4.42. The predicted octanol–water partition coefficient (Wildman–Crippen LogP) is 0.163. The van der Waals surface area contributed by atoms with Crippen LogP contribution in [0.4, 0.5) is 0 Å². The van der Waals surface area contributed by atoms with Crippen LogP contribution in [0.2, 0.25) is 0 Å². The zero-order chi connectivity index (χ0) is 9.80. The van der Waals surface area contributed by atoms with Crippen LogP contribution in [0.25, 0.3) is 5.95 Å². The van der Waals surface area contributed by atoms with Gasteiger partial charge in [0.15, 0.2) is 0 Å². The summed E-state index contributed by atoms with van der Waals surface area (Å²) in [4.78, 5) is 8.16. The van der Waals surface area contributed by atoms with Crippen LogP contribution in [0.5, 0.6) is 0 Å². The average Bonchev–Trinajstić information content (AvgIpc) is 2.68. The lowest BCUT2D eigenvalue weighted by molar-refractivity contribution is 0.775. The molecule has 2 N–H and O–H groups in total. The second-order valence-electron chi connectivity index (χ2n) is 2.84. The number of aromatic nitrogens is 4. The van der Waals surface area contributed by atoms with Gasteiger partial charge in [-0.1, -0.05) is 0 Å². The highest BCUT2D eigenvalue weighted by atomic mass is 15.3. The quantitative estimate of drug-likeness (QED) is 0.746. The van der Waals surface area contributed by atoms with Crippen LogP contribution >= 0.6 is 0 Å². The molecule has 0 saturated heterocycles. The van der Waals surface area contributed by atoms with Crippen LogP contribution in [0, 0.1) is 0 Å². The first-order chi connectivity index (χ1) is 6.90. The second-order valence-corrected chi connectivity index (χ2v) is 2.84.